The zero-order chi connectivity index (χ0) is 11.0. The molecule has 5 heteroatoms. The van der Waals surface area contributed by atoms with Gasteiger partial charge in [0.25, 0.3) is 0 Å². The van der Waals surface area contributed by atoms with Crippen LogP contribution in [0.4, 0.5) is 0 Å². The van der Waals surface area contributed by atoms with Gasteiger partial charge in [-0.1, -0.05) is 23.5 Å². The van der Waals surface area contributed by atoms with Crippen molar-refractivity contribution in [2.24, 2.45) is 0 Å². The summed E-state index contributed by atoms with van der Waals surface area (Å²) in [5, 5.41) is 8.88. The number of benzene rings is 1. The number of rotatable bonds is 2. The first-order valence-corrected chi connectivity index (χ1v) is 5.26. The summed E-state index contributed by atoms with van der Waals surface area (Å²) in [6, 6.07) is 6.36. The van der Waals surface area contributed by atoms with E-state index in [1.165, 1.54) is 11.5 Å². The highest BCUT2D eigenvalue weighted by Crippen LogP contribution is 2.19. The van der Waals surface area contributed by atoms with Gasteiger partial charge in [-0.15, -0.1) is 0 Å². The molecule has 0 amide bonds. The summed E-state index contributed by atoms with van der Waals surface area (Å²) in [7, 11) is 0. The minimum atomic E-state index is -0.999. The lowest BCUT2D eigenvalue weighted by Gasteiger charge is -2.07. The number of aromatic nitrogens is 1. The highest BCUT2D eigenvalue weighted by molar-refractivity contribution is 7.16. The lowest BCUT2D eigenvalue weighted by atomic mass is 10.3. The molecule has 78 valence electrons. The van der Waals surface area contributed by atoms with Crippen molar-refractivity contribution in [1.82, 2.24) is 4.57 Å². The van der Waals surface area contributed by atoms with E-state index in [1.807, 2.05) is 12.1 Å². The monoisotopic (exact) mass is 223 g/mol. The molecule has 2 rings (SSSR count). The van der Waals surface area contributed by atoms with Gasteiger partial charge in [-0.05, 0) is 19.1 Å². The Hall–Kier alpha value is -1.62. The molecule has 1 N–H and O–H groups in total. The lowest BCUT2D eigenvalue weighted by molar-refractivity contribution is -0.140. The first kappa shape index (κ1) is 9.92. The molecule has 0 saturated carbocycles. The van der Waals surface area contributed by atoms with E-state index < -0.39 is 12.0 Å². The molecule has 1 atom stereocenters. The van der Waals surface area contributed by atoms with Crippen LogP contribution in [0.5, 0.6) is 0 Å². The van der Waals surface area contributed by atoms with Gasteiger partial charge in [-0.3, -0.25) is 9.36 Å². The normalized spacial score (nSPS) is 12.9. The van der Waals surface area contributed by atoms with Gasteiger partial charge in [0.15, 0.2) is 0 Å². The van der Waals surface area contributed by atoms with E-state index >= 15 is 0 Å². The van der Waals surface area contributed by atoms with Gasteiger partial charge in [-0.2, -0.15) is 0 Å². The van der Waals surface area contributed by atoms with Gasteiger partial charge in [0, 0.05) is 0 Å². The second-order valence-corrected chi connectivity index (χ2v) is 4.21. The molecule has 1 aromatic heterocycles. The van der Waals surface area contributed by atoms with E-state index in [-0.39, 0.29) is 4.87 Å². The molecule has 0 fully saturated rings. The summed E-state index contributed by atoms with van der Waals surface area (Å²) in [5.74, 6) is -0.999. The zero-order valence-electron chi connectivity index (χ0n) is 8.01. The fourth-order valence-corrected chi connectivity index (χ4v) is 2.42. The molecule has 0 bridgehead atoms. The molecule has 1 aromatic carbocycles. The number of nitrogens with zero attached hydrogens (tertiary/aromatic N) is 1. The largest absolute Gasteiger partial charge is 0.480 e. The molecule has 0 aliphatic carbocycles. The molecule has 0 aliphatic rings. The average Bonchev–Trinajstić information content (AvgIpc) is 2.52. The summed E-state index contributed by atoms with van der Waals surface area (Å²) in [6.07, 6.45) is 0. The molecule has 0 saturated heterocycles. The van der Waals surface area contributed by atoms with Gasteiger partial charge in [0.2, 0.25) is 0 Å². The third kappa shape index (κ3) is 1.55. The van der Waals surface area contributed by atoms with Crippen LogP contribution < -0.4 is 4.87 Å². The first-order valence-electron chi connectivity index (χ1n) is 4.44. The van der Waals surface area contributed by atoms with Crippen LogP contribution in [0.1, 0.15) is 13.0 Å². The first-order chi connectivity index (χ1) is 7.11. The van der Waals surface area contributed by atoms with Crippen molar-refractivity contribution < 1.29 is 9.90 Å². The third-order valence-corrected chi connectivity index (χ3v) is 3.20. The van der Waals surface area contributed by atoms with Gasteiger partial charge < -0.3 is 5.11 Å². The van der Waals surface area contributed by atoms with Gasteiger partial charge in [0.05, 0.1) is 10.2 Å². The Balaban J connectivity index is 2.74. The molecular weight excluding hydrogens is 214 g/mol. The number of hydrogen-bond acceptors (Lipinski definition) is 3. The molecule has 2 aromatic rings. The van der Waals surface area contributed by atoms with Crippen molar-refractivity contribution in [3.8, 4) is 0 Å². The molecule has 0 aliphatic heterocycles. The van der Waals surface area contributed by atoms with Crippen molar-refractivity contribution in [3.63, 3.8) is 0 Å². The molecule has 4 nitrogen and oxygen atoms in total. The third-order valence-electron chi connectivity index (χ3n) is 2.26. The molecule has 0 spiro atoms. The smallest absolute Gasteiger partial charge is 0.326 e. The average molecular weight is 223 g/mol. The van der Waals surface area contributed by atoms with Crippen LogP contribution in [0.2, 0.25) is 0 Å². The van der Waals surface area contributed by atoms with E-state index in [4.69, 9.17) is 5.11 Å². The van der Waals surface area contributed by atoms with E-state index in [2.05, 4.69) is 0 Å². The van der Waals surface area contributed by atoms with Crippen molar-refractivity contribution in [2.45, 2.75) is 13.0 Å². The fraction of sp³-hybridized carbons (Fsp3) is 0.200. The van der Waals surface area contributed by atoms with E-state index in [0.717, 1.165) is 16.0 Å². The van der Waals surface area contributed by atoms with Gasteiger partial charge in [-0.25, -0.2) is 4.79 Å². The maximum atomic E-state index is 11.6. The Bertz CT molecular complexity index is 569. The van der Waals surface area contributed by atoms with E-state index in [1.54, 1.807) is 12.1 Å². The number of carboxylic acids is 1. The maximum Gasteiger partial charge on any atom is 0.326 e. The SMILES string of the molecule is CC(C(=O)O)n1c(=O)sc2ccccc21. The van der Waals surface area contributed by atoms with Crippen LogP contribution in [0, 0.1) is 0 Å². The zero-order valence-corrected chi connectivity index (χ0v) is 8.82. The number of hydrogen-bond donors (Lipinski definition) is 1. The van der Waals surface area contributed by atoms with E-state index in [0.29, 0.717) is 5.52 Å². The molecular formula is C10H9NO3S. The number of carboxylic acid groups (broad SMARTS) is 1. The van der Waals surface area contributed by atoms with Crippen LogP contribution >= 0.6 is 11.3 Å². The number of para-hydroxylation sites is 1. The van der Waals surface area contributed by atoms with Crippen LogP contribution in [0.3, 0.4) is 0 Å². The molecule has 0 radical (unpaired) electrons. The van der Waals surface area contributed by atoms with Crippen LogP contribution in [-0.2, 0) is 4.79 Å². The quantitative estimate of drug-likeness (QED) is 0.843. The number of fused-ring (bicyclic) bond motifs is 1. The second kappa shape index (κ2) is 3.51. The highest BCUT2D eigenvalue weighted by Gasteiger charge is 2.18. The summed E-state index contributed by atoms with van der Waals surface area (Å²) < 4.78 is 2.12. The minimum absolute atomic E-state index is 0.230. The number of thiazole rings is 1. The second-order valence-electron chi connectivity index (χ2n) is 3.22. The van der Waals surface area contributed by atoms with Gasteiger partial charge >= 0.3 is 10.8 Å². The predicted octanol–water partition coefficient (Wildman–Crippen LogP) is 1.71. The Morgan fingerprint density at radius 2 is 2.13 bits per heavy atom. The fourth-order valence-electron chi connectivity index (χ4n) is 1.46. The maximum absolute atomic E-state index is 11.6. The summed E-state index contributed by atoms with van der Waals surface area (Å²) in [4.78, 5) is 22.2. The highest BCUT2D eigenvalue weighted by atomic mass is 32.1. The Morgan fingerprint density at radius 3 is 2.80 bits per heavy atom. The topological polar surface area (TPSA) is 59.3 Å². The van der Waals surface area contributed by atoms with Gasteiger partial charge in [0.1, 0.15) is 6.04 Å². The van der Waals surface area contributed by atoms with Crippen molar-refractivity contribution in [1.29, 1.82) is 0 Å². The lowest BCUT2D eigenvalue weighted by Crippen LogP contribution is -2.23. The number of carbonyl (C=O) groups is 1. The van der Waals surface area contributed by atoms with Crippen LogP contribution in [0.25, 0.3) is 10.2 Å². The molecule has 15 heavy (non-hydrogen) atoms. The molecule has 1 heterocycles. The van der Waals surface area contributed by atoms with Crippen molar-refractivity contribution >= 4 is 27.5 Å². The standard InChI is InChI=1S/C10H9NO3S/c1-6(9(12)13)11-7-4-2-3-5-8(7)15-10(11)14/h2-6H,1H3,(H,12,13). The van der Waals surface area contributed by atoms with Crippen molar-refractivity contribution in [2.75, 3.05) is 0 Å². The minimum Gasteiger partial charge on any atom is -0.480 e. The van der Waals surface area contributed by atoms with Crippen LogP contribution in [-0.4, -0.2) is 15.6 Å². The summed E-state index contributed by atoms with van der Waals surface area (Å²) in [6.45, 7) is 1.50. The summed E-state index contributed by atoms with van der Waals surface area (Å²) in [5.41, 5.74) is 0.683. The van der Waals surface area contributed by atoms with Crippen LogP contribution in [0.15, 0.2) is 29.1 Å². The number of aliphatic carboxylic acids is 1. The van der Waals surface area contributed by atoms with Crippen molar-refractivity contribution in [3.05, 3.63) is 33.9 Å². The summed E-state index contributed by atoms with van der Waals surface area (Å²) >= 11 is 1.07. The Kier molecular flexibility index (Phi) is 2.32. The van der Waals surface area contributed by atoms with E-state index in [9.17, 15) is 9.59 Å². The Morgan fingerprint density at radius 1 is 1.47 bits per heavy atom. The Labute approximate surface area is 89.4 Å². The molecule has 1 unspecified atom stereocenters. The predicted molar refractivity (Wildman–Crippen MR) is 58.4 cm³/mol.